The predicted molar refractivity (Wildman–Crippen MR) is 104 cm³/mol. The molecular formula is C21H18N2O3S. The average Bonchev–Trinajstić information content (AvgIpc) is 3.33. The zero-order valence-electron chi connectivity index (χ0n) is 14.8. The Kier molecular flexibility index (Phi) is 4.73. The number of hydrogen-bond acceptors (Lipinski definition) is 5. The first kappa shape index (κ1) is 17.4. The molecule has 0 bridgehead atoms. The Hall–Kier alpha value is -2.99. The van der Waals surface area contributed by atoms with Crippen LogP contribution in [-0.2, 0) is 6.42 Å². The molecule has 3 aromatic rings. The number of nitrogens with one attached hydrogen (secondary N) is 1. The van der Waals surface area contributed by atoms with Gasteiger partial charge in [-0.15, -0.1) is 11.3 Å². The zero-order valence-corrected chi connectivity index (χ0v) is 15.6. The summed E-state index contributed by atoms with van der Waals surface area (Å²) in [4.78, 5) is 28.4. The van der Waals surface area contributed by atoms with Gasteiger partial charge in [-0.2, -0.15) is 0 Å². The van der Waals surface area contributed by atoms with Gasteiger partial charge in [-0.1, -0.05) is 12.1 Å². The lowest BCUT2D eigenvalue weighted by Gasteiger charge is -2.11. The quantitative estimate of drug-likeness (QED) is 0.687. The molecule has 1 aromatic carbocycles. The van der Waals surface area contributed by atoms with Crippen LogP contribution in [0.4, 0.5) is 0 Å². The van der Waals surface area contributed by atoms with E-state index in [1.54, 1.807) is 17.6 Å². The standard InChI is InChI=1S/C21H18N2O3S/c1-13(24)20-9-17(12-27-20)21(25)23-11-18-8-16-7-14(4-5-19(16)26-18)15-3-2-6-22-10-15/h2-7,9-10,12,18H,8,11H2,1H3,(H,23,25)/t18-/m0/s1. The predicted octanol–water partition coefficient (Wildman–Crippen LogP) is 3.75. The second-order valence-electron chi connectivity index (χ2n) is 6.47. The highest BCUT2D eigenvalue weighted by molar-refractivity contribution is 7.12. The number of ketones is 1. The molecule has 3 heterocycles. The van der Waals surface area contributed by atoms with Crippen molar-refractivity contribution in [2.24, 2.45) is 0 Å². The number of hydrogen-bond donors (Lipinski definition) is 1. The van der Waals surface area contributed by atoms with Gasteiger partial charge in [0.15, 0.2) is 5.78 Å². The van der Waals surface area contributed by atoms with E-state index >= 15 is 0 Å². The van der Waals surface area contributed by atoms with Gasteiger partial charge in [0.25, 0.3) is 5.91 Å². The van der Waals surface area contributed by atoms with Crippen LogP contribution >= 0.6 is 11.3 Å². The molecule has 0 radical (unpaired) electrons. The molecule has 136 valence electrons. The Bertz CT molecular complexity index is 998. The van der Waals surface area contributed by atoms with Crippen molar-refractivity contribution in [3.8, 4) is 16.9 Å². The SMILES string of the molecule is CC(=O)c1cc(C(=O)NC[C@@H]2Cc3cc(-c4cccnc4)ccc3O2)cs1. The average molecular weight is 378 g/mol. The maximum atomic E-state index is 12.3. The Morgan fingerprint density at radius 2 is 2.15 bits per heavy atom. The molecule has 1 atom stereocenters. The van der Waals surface area contributed by atoms with Crippen LogP contribution in [0, 0.1) is 0 Å². The second-order valence-corrected chi connectivity index (χ2v) is 7.39. The number of carbonyl (C=O) groups excluding carboxylic acids is 2. The minimum atomic E-state index is -0.186. The lowest BCUT2D eigenvalue weighted by Crippen LogP contribution is -2.34. The van der Waals surface area contributed by atoms with Crippen molar-refractivity contribution in [2.45, 2.75) is 19.4 Å². The van der Waals surface area contributed by atoms with E-state index in [2.05, 4.69) is 16.4 Å². The number of Topliss-reactive ketones (excluding diaryl/α,β-unsaturated/α-hetero) is 1. The number of nitrogens with zero attached hydrogens (tertiary/aromatic N) is 1. The van der Waals surface area contributed by atoms with Crippen LogP contribution in [0.25, 0.3) is 11.1 Å². The van der Waals surface area contributed by atoms with Gasteiger partial charge in [0.1, 0.15) is 11.9 Å². The minimum Gasteiger partial charge on any atom is -0.488 e. The minimum absolute atomic E-state index is 0.0296. The molecule has 1 aliphatic rings. The molecular weight excluding hydrogens is 360 g/mol. The van der Waals surface area contributed by atoms with E-state index in [0.717, 1.165) is 28.9 Å². The van der Waals surface area contributed by atoms with Crippen LogP contribution in [0.5, 0.6) is 5.75 Å². The number of rotatable bonds is 5. The van der Waals surface area contributed by atoms with Gasteiger partial charge in [-0.25, -0.2) is 0 Å². The first-order valence-electron chi connectivity index (χ1n) is 8.68. The summed E-state index contributed by atoms with van der Waals surface area (Å²) in [5.41, 5.74) is 3.81. The van der Waals surface area contributed by atoms with E-state index in [1.807, 2.05) is 30.5 Å². The summed E-state index contributed by atoms with van der Waals surface area (Å²) in [7, 11) is 0. The van der Waals surface area contributed by atoms with E-state index in [-0.39, 0.29) is 17.8 Å². The zero-order chi connectivity index (χ0) is 18.8. The normalized spacial score (nSPS) is 15.1. The van der Waals surface area contributed by atoms with E-state index in [1.165, 1.54) is 18.3 Å². The number of amides is 1. The molecule has 0 aliphatic carbocycles. The molecule has 0 saturated carbocycles. The fourth-order valence-corrected chi connectivity index (χ4v) is 3.89. The third-order valence-electron chi connectivity index (χ3n) is 4.50. The molecule has 0 unspecified atom stereocenters. The summed E-state index contributed by atoms with van der Waals surface area (Å²) in [5, 5.41) is 4.60. The summed E-state index contributed by atoms with van der Waals surface area (Å²) < 4.78 is 5.95. The van der Waals surface area contributed by atoms with Crippen LogP contribution < -0.4 is 10.1 Å². The third-order valence-corrected chi connectivity index (χ3v) is 5.53. The van der Waals surface area contributed by atoms with Crippen molar-refractivity contribution in [2.75, 3.05) is 6.54 Å². The highest BCUT2D eigenvalue weighted by atomic mass is 32.1. The number of fused-ring (bicyclic) bond motifs is 1. The van der Waals surface area contributed by atoms with Gasteiger partial charge in [-0.05, 0) is 42.3 Å². The summed E-state index contributed by atoms with van der Waals surface area (Å²) in [6.45, 7) is 1.91. The van der Waals surface area contributed by atoms with Gasteiger partial charge in [0.2, 0.25) is 0 Å². The van der Waals surface area contributed by atoms with E-state index in [4.69, 9.17) is 4.74 Å². The topological polar surface area (TPSA) is 68.3 Å². The monoisotopic (exact) mass is 378 g/mol. The lowest BCUT2D eigenvalue weighted by atomic mass is 10.0. The molecule has 6 heteroatoms. The second kappa shape index (κ2) is 7.32. The van der Waals surface area contributed by atoms with Gasteiger partial charge >= 0.3 is 0 Å². The van der Waals surface area contributed by atoms with Crippen LogP contribution in [-0.4, -0.2) is 29.3 Å². The van der Waals surface area contributed by atoms with Crippen molar-refractivity contribution < 1.29 is 14.3 Å². The highest BCUT2D eigenvalue weighted by Crippen LogP contribution is 2.32. The molecule has 0 fully saturated rings. The highest BCUT2D eigenvalue weighted by Gasteiger charge is 2.24. The van der Waals surface area contributed by atoms with Crippen LogP contribution in [0.3, 0.4) is 0 Å². The first-order chi connectivity index (χ1) is 13.1. The van der Waals surface area contributed by atoms with Crippen LogP contribution in [0.15, 0.2) is 54.2 Å². The molecule has 0 saturated heterocycles. The number of thiophene rings is 1. The Morgan fingerprint density at radius 1 is 1.26 bits per heavy atom. The number of carbonyl (C=O) groups is 2. The molecule has 1 aliphatic heterocycles. The largest absolute Gasteiger partial charge is 0.488 e. The number of pyridine rings is 1. The number of benzene rings is 1. The molecule has 27 heavy (non-hydrogen) atoms. The maximum Gasteiger partial charge on any atom is 0.252 e. The maximum absolute atomic E-state index is 12.3. The molecule has 1 N–H and O–H groups in total. The van der Waals surface area contributed by atoms with Gasteiger partial charge in [0, 0.05) is 29.8 Å². The van der Waals surface area contributed by atoms with E-state index < -0.39 is 0 Å². The molecule has 0 spiro atoms. The summed E-state index contributed by atoms with van der Waals surface area (Å²) in [5.74, 6) is 0.642. The summed E-state index contributed by atoms with van der Waals surface area (Å²) >= 11 is 1.29. The smallest absolute Gasteiger partial charge is 0.252 e. The Labute approximate surface area is 161 Å². The van der Waals surface area contributed by atoms with E-state index in [9.17, 15) is 9.59 Å². The van der Waals surface area contributed by atoms with Gasteiger partial charge in [0.05, 0.1) is 17.0 Å². The van der Waals surface area contributed by atoms with E-state index in [0.29, 0.717) is 17.0 Å². The lowest BCUT2D eigenvalue weighted by molar-refractivity contribution is 0.0934. The number of aromatic nitrogens is 1. The molecule has 1 amide bonds. The van der Waals surface area contributed by atoms with Crippen molar-refractivity contribution in [3.05, 3.63) is 70.2 Å². The Balaban J connectivity index is 1.38. The summed E-state index contributed by atoms with van der Waals surface area (Å²) in [6, 6.07) is 11.7. The van der Waals surface area contributed by atoms with Gasteiger partial charge in [-0.3, -0.25) is 14.6 Å². The van der Waals surface area contributed by atoms with Crippen molar-refractivity contribution >= 4 is 23.0 Å². The number of ether oxygens (including phenoxy) is 1. The van der Waals surface area contributed by atoms with Crippen molar-refractivity contribution in [1.82, 2.24) is 10.3 Å². The Morgan fingerprint density at radius 3 is 2.89 bits per heavy atom. The van der Waals surface area contributed by atoms with Crippen molar-refractivity contribution in [1.29, 1.82) is 0 Å². The fourth-order valence-electron chi connectivity index (χ4n) is 3.10. The van der Waals surface area contributed by atoms with Crippen LogP contribution in [0.2, 0.25) is 0 Å². The first-order valence-corrected chi connectivity index (χ1v) is 9.56. The molecule has 2 aromatic heterocycles. The third kappa shape index (κ3) is 3.75. The summed E-state index contributed by atoms with van der Waals surface area (Å²) in [6.07, 6.45) is 4.24. The molecule has 5 nitrogen and oxygen atoms in total. The van der Waals surface area contributed by atoms with Crippen LogP contribution in [0.1, 0.15) is 32.5 Å². The van der Waals surface area contributed by atoms with Gasteiger partial charge < -0.3 is 10.1 Å². The van der Waals surface area contributed by atoms with Crippen molar-refractivity contribution in [3.63, 3.8) is 0 Å². The molecule has 4 rings (SSSR count). The fraction of sp³-hybridized carbons (Fsp3) is 0.190.